The minimum absolute atomic E-state index is 0.393. The van der Waals surface area contributed by atoms with E-state index >= 15 is 0 Å². The topological polar surface area (TPSA) is 21.3 Å². The molecule has 0 radical (unpaired) electrons. The van der Waals surface area contributed by atoms with E-state index in [0.717, 1.165) is 12.2 Å². The summed E-state index contributed by atoms with van der Waals surface area (Å²) in [6.07, 6.45) is 3.07. The smallest absolute Gasteiger partial charge is 0.121 e. The molecule has 0 aromatic carbocycles. The number of hydrogen-bond donors (Lipinski definition) is 1. The minimum atomic E-state index is 0.393. The van der Waals surface area contributed by atoms with Crippen LogP contribution < -0.4 is 5.48 Å². The van der Waals surface area contributed by atoms with Gasteiger partial charge >= 0.3 is 0 Å². The van der Waals surface area contributed by atoms with Crippen LogP contribution in [0.5, 0.6) is 0 Å². The Morgan fingerprint density at radius 2 is 2.20 bits per heavy atom. The second-order valence-electron chi connectivity index (χ2n) is 2.00. The number of nitrogens with one attached hydrogen (secondary N) is 1. The van der Waals surface area contributed by atoms with Crippen molar-refractivity contribution in [3.8, 4) is 0 Å². The molecule has 2 heteroatoms. The van der Waals surface area contributed by atoms with Gasteiger partial charge in [-0.3, -0.25) is 0 Å². The van der Waals surface area contributed by atoms with E-state index in [-0.39, 0.29) is 0 Å². The molecule has 0 saturated carbocycles. The van der Waals surface area contributed by atoms with Crippen molar-refractivity contribution in [1.29, 1.82) is 0 Å². The summed E-state index contributed by atoms with van der Waals surface area (Å²) in [6.45, 7) is 8.13. The van der Waals surface area contributed by atoms with Crippen molar-refractivity contribution in [3.63, 3.8) is 0 Å². The molecular weight excluding hydrogens is 126 g/mol. The number of hydroxylamine groups is 1. The molecule has 1 atom stereocenters. The summed E-state index contributed by atoms with van der Waals surface area (Å²) in [7, 11) is 0. The first-order valence-corrected chi connectivity index (χ1v) is 3.96. The monoisotopic (exact) mass is 143 g/mol. The second kappa shape index (κ2) is 5.30. The number of hydrogen-bond acceptors (Lipinski definition) is 2. The molecule has 0 aromatic heterocycles. The van der Waals surface area contributed by atoms with E-state index in [0.29, 0.717) is 6.04 Å². The van der Waals surface area contributed by atoms with Crippen molar-refractivity contribution >= 4 is 0 Å². The van der Waals surface area contributed by atoms with Crippen LogP contribution in [0.1, 0.15) is 34.1 Å². The largest absolute Gasteiger partial charge is 0.413 e. The Labute approximate surface area is 63.2 Å². The molecule has 0 spiro atoms. The standard InChI is InChI=1S/C6H11NO.C2H6/c1-3-6-4-5(2)7-8-6;1-2/h4-5,7H,3H2,1-2H3;1-2H3. The maximum Gasteiger partial charge on any atom is 0.121 e. The molecule has 0 aliphatic carbocycles. The van der Waals surface area contributed by atoms with Crippen molar-refractivity contribution < 1.29 is 4.84 Å². The Hall–Kier alpha value is -0.500. The first kappa shape index (κ1) is 9.50. The van der Waals surface area contributed by atoms with Gasteiger partial charge in [0.15, 0.2) is 0 Å². The Kier molecular flexibility index (Phi) is 5.03. The van der Waals surface area contributed by atoms with E-state index in [2.05, 4.69) is 25.4 Å². The summed E-state index contributed by atoms with van der Waals surface area (Å²) in [5.74, 6) is 1.05. The maximum absolute atomic E-state index is 5.03. The molecule has 10 heavy (non-hydrogen) atoms. The maximum atomic E-state index is 5.03. The third kappa shape index (κ3) is 2.87. The highest BCUT2D eigenvalue weighted by atomic mass is 16.7. The molecular formula is C8H17NO. The Morgan fingerprint density at radius 1 is 1.60 bits per heavy atom. The third-order valence-corrected chi connectivity index (χ3v) is 1.16. The predicted octanol–water partition coefficient (Wildman–Crippen LogP) is 2.23. The van der Waals surface area contributed by atoms with E-state index in [9.17, 15) is 0 Å². The van der Waals surface area contributed by atoms with E-state index < -0.39 is 0 Å². The summed E-state index contributed by atoms with van der Waals surface area (Å²) in [6, 6.07) is 0.393. The van der Waals surface area contributed by atoms with Crippen LogP contribution in [0.25, 0.3) is 0 Å². The quantitative estimate of drug-likeness (QED) is 0.607. The molecule has 0 fully saturated rings. The molecule has 0 amide bonds. The normalized spacial score (nSPS) is 22.4. The summed E-state index contributed by atoms with van der Waals surface area (Å²) in [5.41, 5.74) is 2.83. The van der Waals surface area contributed by atoms with Crippen LogP contribution in [0.15, 0.2) is 11.8 Å². The Bertz CT molecular complexity index is 110. The van der Waals surface area contributed by atoms with Crippen LogP contribution in [0.3, 0.4) is 0 Å². The van der Waals surface area contributed by atoms with Gasteiger partial charge in [-0.2, -0.15) is 5.48 Å². The summed E-state index contributed by atoms with van der Waals surface area (Å²) >= 11 is 0. The van der Waals surface area contributed by atoms with Gasteiger partial charge in [0.05, 0.1) is 6.04 Å². The van der Waals surface area contributed by atoms with Gasteiger partial charge < -0.3 is 4.84 Å². The van der Waals surface area contributed by atoms with E-state index in [4.69, 9.17) is 4.84 Å². The van der Waals surface area contributed by atoms with Crippen molar-refractivity contribution in [2.75, 3.05) is 0 Å². The fraction of sp³-hybridized carbons (Fsp3) is 0.750. The van der Waals surface area contributed by atoms with Gasteiger partial charge in [0, 0.05) is 6.42 Å². The highest BCUT2D eigenvalue weighted by molar-refractivity contribution is 5.01. The highest BCUT2D eigenvalue weighted by Crippen LogP contribution is 2.08. The zero-order valence-corrected chi connectivity index (χ0v) is 7.27. The minimum Gasteiger partial charge on any atom is -0.413 e. The molecule has 1 heterocycles. The molecule has 0 aromatic rings. The van der Waals surface area contributed by atoms with Crippen LogP contribution in [0, 0.1) is 0 Å². The summed E-state index contributed by atoms with van der Waals surface area (Å²) in [5, 5.41) is 0. The number of allylic oxidation sites excluding steroid dienone is 1. The first-order chi connectivity index (χ1) is 4.83. The lowest BCUT2D eigenvalue weighted by atomic mass is 10.3. The van der Waals surface area contributed by atoms with Gasteiger partial charge in [-0.1, -0.05) is 20.8 Å². The van der Waals surface area contributed by atoms with E-state index in [1.165, 1.54) is 0 Å². The van der Waals surface area contributed by atoms with Crippen LogP contribution in [0.4, 0.5) is 0 Å². The van der Waals surface area contributed by atoms with Crippen LogP contribution >= 0.6 is 0 Å². The van der Waals surface area contributed by atoms with Crippen molar-refractivity contribution in [2.45, 2.75) is 40.2 Å². The van der Waals surface area contributed by atoms with Crippen molar-refractivity contribution in [1.82, 2.24) is 5.48 Å². The fourth-order valence-corrected chi connectivity index (χ4v) is 0.706. The van der Waals surface area contributed by atoms with Crippen LogP contribution in [-0.2, 0) is 4.84 Å². The third-order valence-electron chi connectivity index (χ3n) is 1.16. The zero-order valence-electron chi connectivity index (χ0n) is 7.27. The lowest BCUT2D eigenvalue weighted by molar-refractivity contribution is 0.115. The molecule has 60 valence electrons. The molecule has 1 N–H and O–H groups in total. The predicted molar refractivity (Wildman–Crippen MR) is 43.4 cm³/mol. The average molecular weight is 143 g/mol. The van der Waals surface area contributed by atoms with Gasteiger partial charge in [0.25, 0.3) is 0 Å². The van der Waals surface area contributed by atoms with E-state index in [1.54, 1.807) is 0 Å². The molecule has 1 unspecified atom stereocenters. The number of rotatable bonds is 1. The van der Waals surface area contributed by atoms with Gasteiger partial charge in [-0.05, 0) is 13.0 Å². The summed E-state index contributed by atoms with van der Waals surface area (Å²) < 4.78 is 0. The van der Waals surface area contributed by atoms with Crippen molar-refractivity contribution in [3.05, 3.63) is 11.8 Å². The lowest BCUT2D eigenvalue weighted by Crippen LogP contribution is -2.15. The molecule has 1 aliphatic rings. The molecule has 1 aliphatic heterocycles. The van der Waals surface area contributed by atoms with Gasteiger partial charge in [0.2, 0.25) is 0 Å². The van der Waals surface area contributed by atoms with Gasteiger partial charge in [-0.25, -0.2) is 0 Å². The molecule has 1 rings (SSSR count). The zero-order chi connectivity index (χ0) is 7.98. The van der Waals surface area contributed by atoms with Gasteiger partial charge in [0.1, 0.15) is 5.76 Å². The Balaban J connectivity index is 0.000000371. The Morgan fingerprint density at radius 3 is 2.40 bits per heavy atom. The first-order valence-electron chi connectivity index (χ1n) is 3.96. The molecule has 2 nitrogen and oxygen atoms in total. The van der Waals surface area contributed by atoms with Crippen molar-refractivity contribution in [2.24, 2.45) is 0 Å². The molecule has 0 bridgehead atoms. The fourth-order valence-electron chi connectivity index (χ4n) is 0.706. The SMILES string of the molecule is CC.CCC1=CC(C)NO1. The van der Waals surface area contributed by atoms with E-state index in [1.807, 2.05) is 13.8 Å². The summed E-state index contributed by atoms with van der Waals surface area (Å²) in [4.78, 5) is 5.03. The van der Waals surface area contributed by atoms with Gasteiger partial charge in [-0.15, -0.1) is 0 Å². The van der Waals surface area contributed by atoms with Crippen LogP contribution in [0.2, 0.25) is 0 Å². The second-order valence-corrected chi connectivity index (χ2v) is 2.00. The average Bonchev–Trinajstić information content (AvgIpc) is 2.40. The van der Waals surface area contributed by atoms with Crippen LogP contribution in [-0.4, -0.2) is 6.04 Å². The highest BCUT2D eigenvalue weighted by Gasteiger charge is 2.08. The molecule has 0 saturated heterocycles. The lowest BCUT2D eigenvalue weighted by Gasteiger charge is -1.98.